The molecular formula is C10H17NO3S. The average Bonchev–Trinajstić information content (AvgIpc) is 2.51. The number of carbonyl (C=O) groups excluding carboxylic acids is 1. The number of thioether (sulfide) groups is 1. The Morgan fingerprint density at radius 2 is 2.27 bits per heavy atom. The number of hydrogen-bond donors (Lipinski definition) is 2. The molecule has 0 aromatic heterocycles. The molecule has 2 unspecified atom stereocenters. The van der Waals surface area contributed by atoms with Crippen LogP contribution < -0.4 is 5.32 Å². The molecule has 0 saturated carbocycles. The normalized spacial score (nSPS) is 27.3. The van der Waals surface area contributed by atoms with Crippen LogP contribution in [0.1, 0.15) is 33.1 Å². The molecule has 1 heterocycles. The van der Waals surface area contributed by atoms with E-state index in [1.165, 1.54) is 0 Å². The van der Waals surface area contributed by atoms with Gasteiger partial charge < -0.3 is 10.4 Å². The molecule has 0 radical (unpaired) electrons. The number of rotatable bonds is 4. The van der Waals surface area contributed by atoms with Gasteiger partial charge in [0.25, 0.3) is 0 Å². The van der Waals surface area contributed by atoms with Crippen LogP contribution in [-0.4, -0.2) is 33.5 Å². The van der Waals surface area contributed by atoms with Crippen molar-refractivity contribution in [2.24, 2.45) is 0 Å². The summed E-state index contributed by atoms with van der Waals surface area (Å²) < 4.78 is -0.354. The van der Waals surface area contributed by atoms with E-state index in [4.69, 9.17) is 5.11 Å². The van der Waals surface area contributed by atoms with Gasteiger partial charge in [0.1, 0.15) is 0 Å². The van der Waals surface area contributed by atoms with Crippen molar-refractivity contribution in [3.05, 3.63) is 0 Å². The molecule has 2 N–H and O–H groups in total. The Hall–Kier alpha value is -0.710. The summed E-state index contributed by atoms with van der Waals surface area (Å²) in [6, 6.07) is -0.298. The molecule has 1 rings (SSSR count). The molecule has 0 spiro atoms. The smallest absolute Gasteiger partial charge is 0.305 e. The van der Waals surface area contributed by atoms with Crippen LogP contribution in [0.2, 0.25) is 0 Å². The quantitative estimate of drug-likeness (QED) is 0.764. The fraction of sp³-hybridized carbons (Fsp3) is 0.800. The lowest BCUT2D eigenvalue weighted by molar-refractivity contribution is -0.137. The van der Waals surface area contributed by atoms with E-state index in [0.717, 1.165) is 18.6 Å². The summed E-state index contributed by atoms with van der Waals surface area (Å²) in [5.41, 5.74) is 0. The van der Waals surface area contributed by atoms with Crippen LogP contribution in [0.5, 0.6) is 0 Å². The number of carboxylic acids is 1. The molecule has 86 valence electrons. The van der Waals surface area contributed by atoms with E-state index < -0.39 is 5.97 Å². The molecule has 5 heteroatoms. The Balaban J connectivity index is 2.44. The van der Waals surface area contributed by atoms with E-state index in [2.05, 4.69) is 5.32 Å². The van der Waals surface area contributed by atoms with E-state index in [9.17, 15) is 9.59 Å². The maximum Gasteiger partial charge on any atom is 0.305 e. The van der Waals surface area contributed by atoms with Gasteiger partial charge in [-0.05, 0) is 32.4 Å². The molecule has 1 saturated heterocycles. The first-order valence-corrected chi connectivity index (χ1v) is 6.09. The summed E-state index contributed by atoms with van der Waals surface area (Å²) in [4.78, 5) is 22.3. The number of hydrogen-bond acceptors (Lipinski definition) is 3. The zero-order valence-corrected chi connectivity index (χ0v) is 9.89. The van der Waals surface area contributed by atoms with Crippen LogP contribution in [-0.2, 0) is 9.59 Å². The third-order valence-electron chi connectivity index (χ3n) is 2.56. The van der Waals surface area contributed by atoms with Gasteiger partial charge in [-0.2, -0.15) is 0 Å². The Labute approximate surface area is 93.8 Å². The Morgan fingerprint density at radius 1 is 1.60 bits per heavy atom. The van der Waals surface area contributed by atoms with Crippen LogP contribution in [0.15, 0.2) is 0 Å². The predicted octanol–water partition coefficient (Wildman–Crippen LogP) is 1.25. The van der Waals surface area contributed by atoms with Crippen molar-refractivity contribution < 1.29 is 14.7 Å². The van der Waals surface area contributed by atoms with E-state index in [0.29, 0.717) is 0 Å². The number of amides is 1. The van der Waals surface area contributed by atoms with E-state index in [1.54, 1.807) is 18.7 Å². The van der Waals surface area contributed by atoms with Gasteiger partial charge in [0.2, 0.25) is 5.91 Å². The van der Waals surface area contributed by atoms with Gasteiger partial charge in [0.05, 0.1) is 11.2 Å². The molecule has 1 fully saturated rings. The fourth-order valence-corrected chi connectivity index (χ4v) is 2.87. The lowest BCUT2D eigenvalue weighted by Gasteiger charge is -2.23. The molecule has 15 heavy (non-hydrogen) atoms. The number of aliphatic carboxylic acids is 1. The van der Waals surface area contributed by atoms with Crippen molar-refractivity contribution in [1.82, 2.24) is 5.32 Å². The minimum atomic E-state index is -0.882. The second-order valence-corrected chi connectivity index (χ2v) is 5.75. The molecule has 0 aromatic carbocycles. The second kappa shape index (κ2) is 4.88. The first-order valence-electron chi connectivity index (χ1n) is 5.11. The van der Waals surface area contributed by atoms with Gasteiger partial charge in [-0.1, -0.05) is 0 Å². The summed E-state index contributed by atoms with van der Waals surface area (Å²) in [6.07, 6.45) is 1.91. The van der Waals surface area contributed by atoms with E-state index in [1.807, 2.05) is 6.92 Å². The highest BCUT2D eigenvalue weighted by atomic mass is 32.2. The molecule has 0 bridgehead atoms. The summed E-state index contributed by atoms with van der Waals surface area (Å²) >= 11 is 1.65. The molecule has 1 aliphatic heterocycles. The van der Waals surface area contributed by atoms with Crippen molar-refractivity contribution in [2.45, 2.75) is 43.9 Å². The zero-order valence-electron chi connectivity index (χ0n) is 9.08. The fourth-order valence-electron chi connectivity index (χ4n) is 1.65. The molecule has 1 aliphatic rings. The predicted molar refractivity (Wildman–Crippen MR) is 60.0 cm³/mol. The highest BCUT2D eigenvalue weighted by Crippen LogP contribution is 2.37. The van der Waals surface area contributed by atoms with Gasteiger partial charge in [0.15, 0.2) is 0 Å². The first kappa shape index (κ1) is 12.4. The van der Waals surface area contributed by atoms with Crippen molar-refractivity contribution in [3.63, 3.8) is 0 Å². The van der Waals surface area contributed by atoms with Crippen LogP contribution in [0, 0.1) is 0 Å². The van der Waals surface area contributed by atoms with Crippen molar-refractivity contribution in [3.8, 4) is 0 Å². The number of nitrogens with one attached hydrogen (secondary N) is 1. The van der Waals surface area contributed by atoms with E-state index in [-0.39, 0.29) is 23.1 Å². The molecule has 4 nitrogen and oxygen atoms in total. The highest BCUT2D eigenvalue weighted by molar-refractivity contribution is 8.01. The van der Waals surface area contributed by atoms with Crippen molar-refractivity contribution >= 4 is 23.6 Å². The lowest BCUT2D eigenvalue weighted by Crippen LogP contribution is -2.45. The number of carboxylic acid groups (broad SMARTS) is 1. The third-order valence-corrected chi connectivity index (χ3v) is 4.08. The molecule has 1 amide bonds. The molecular weight excluding hydrogens is 214 g/mol. The van der Waals surface area contributed by atoms with Gasteiger partial charge in [-0.25, -0.2) is 0 Å². The Bertz CT molecular complexity index is 261. The van der Waals surface area contributed by atoms with Gasteiger partial charge in [-0.3, -0.25) is 9.59 Å². The summed E-state index contributed by atoms with van der Waals surface area (Å²) in [7, 11) is 0. The minimum absolute atomic E-state index is 0.0213. The Morgan fingerprint density at radius 3 is 2.73 bits per heavy atom. The monoisotopic (exact) mass is 231 g/mol. The van der Waals surface area contributed by atoms with Crippen LogP contribution in [0.4, 0.5) is 0 Å². The second-order valence-electron chi connectivity index (χ2n) is 4.16. The van der Waals surface area contributed by atoms with Gasteiger partial charge in [-0.15, -0.1) is 11.8 Å². The third kappa shape index (κ3) is 3.41. The minimum Gasteiger partial charge on any atom is -0.481 e. The molecule has 2 atom stereocenters. The molecule has 0 aliphatic carbocycles. The zero-order chi connectivity index (χ0) is 11.5. The van der Waals surface area contributed by atoms with Crippen molar-refractivity contribution in [2.75, 3.05) is 5.75 Å². The van der Waals surface area contributed by atoms with Crippen LogP contribution >= 0.6 is 11.8 Å². The summed E-state index contributed by atoms with van der Waals surface area (Å²) in [6.45, 7) is 3.64. The topological polar surface area (TPSA) is 66.4 Å². The standard InChI is InChI=1S/C10H17NO3S/c1-7(6-8(12)13)11-9(14)10(2)4-3-5-15-10/h7H,3-6H2,1-2H3,(H,11,14)(H,12,13). The SMILES string of the molecule is CC(CC(=O)O)NC(=O)C1(C)CCCS1. The van der Waals surface area contributed by atoms with Crippen LogP contribution in [0.25, 0.3) is 0 Å². The highest BCUT2D eigenvalue weighted by Gasteiger charge is 2.37. The summed E-state index contributed by atoms with van der Waals surface area (Å²) in [5, 5.41) is 11.3. The maximum absolute atomic E-state index is 11.8. The van der Waals surface area contributed by atoms with Gasteiger partial charge >= 0.3 is 5.97 Å². The first-order chi connectivity index (χ1) is 6.94. The summed E-state index contributed by atoms with van der Waals surface area (Å²) in [5.74, 6) is 0.0998. The van der Waals surface area contributed by atoms with Crippen molar-refractivity contribution in [1.29, 1.82) is 0 Å². The van der Waals surface area contributed by atoms with Crippen LogP contribution in [0.3, 0.4) is 0 Å². The average molecular weight is 231 g/mol. The van der Waals surface area contributed by atoms with Gasteiger partial charge in [0, 0.05) is 6.04 Å². The number of carbonyl (C=O) groups is 2. The Kier molecular flexibility index (Phi) is 4.02. The molecule has 0 aromatic rings. The maximum atomic E-state index is 11.8. The lowest BCUT2D eigenvalue weighted by atomic mass is 10.0. The largest absolute Gasteiger partial charge is 0.481 e. The van der Waals surface area contributed by atoms with E-state index >= 15 is 0 Å².